The fraction of sp³-hybridized carbons (Fsp3) is 0.0400. The predicted molar refractivity (Wildman–Crippen MR) is 237 cm³/mol. The first-order valence-electron chi connectivity index (χ1n) is 19.4. The lowest BCUT2D eigenvalue weighted by atomic mass is 10.0. The zero-order chi connectivity index (χ0) is 41.1. The number of para-hydroxylation sites is 2. The van der Waals surface area contributed by atoms with Gasteiger partial charge < -0.3 is 0 Å². The van der Waals surface area contributed by atoms with Gasteiger partial charge in [-0.2, -0.15) is 10.2 Å². The summed E-state index contributed by atoms with van der Waals surface area (Å²) in [7, 11) is -8.05. The second-order valence-electron chi connectivity index (χ2n) is 14.3. The zero-order valence-electron chi connectivity index (χ0n) is 32.3. The lowest BCUT2D eigenvalue weighted by molar-refractivity contribution is 0.594. The van der Waals surface area contributed by atoms with Crippen molar-refractivity contribution in [3.63, 3.8) is 0 Å². The molecule has 0 amide bonds. The highest BCUT2D eigenvalue weighted by Crippen LogP contribution is 2.42. The third kappa shape index (κ3) is 7.61. The molecule has 0 aliphatic rings. The van der Waals surface area contributed by atoms with E-state index >= 15 is 0 Å². The Labute approximate surface area is 349 Å². The summed E-state index contributed by atoms with van der Waals surface area (Å²) in [5.74, 6) is -0.471. The Kier molecular flexibility index (Phi) is 10.4. The number of sulfone groups is 2. The predicted octanol–water partition coefficient (Wildman–Crippen LogP) is 10.7. The molecule has 10 heteroatoms. The molecule has 0 radical (unpaired) electrons. The van der Waals surface area contributed by atoms with Crippen molar-refractivity contribution in [1.29, 1.82) is 0 Å². The molecule has 0 atom stereocenters. The SMILES string of the molecule is O=S(=O)(Cc1ccccc1)c1c(-c2ccccc2)nn(-c2ccccc2)c1-c1ccc(-c2c(S(=O)(=O)Cc3ccccc3)c(-c3ccccc3)nn2-c2ccccc2)cc1. The van der Waals surface area contributed by atoms with E-state index in [1.54, 1.807) is 33.6 Å². The maximum absolute atomic E-state index is 14.8. The molecule has 7 aromatic carbocycles. The molecule has 0 saturated heterocycles. The van der Waals surface area contributed by atoms with Crippen molar-refractivity contribution in [3.8, 4) is 56.4 Å². The van der Waals surface area contributed by atoms with E-state index < -0.39 is 19.7 Å². The van der Waals surface area contributed by atoms with E-state index in [-0.39, 0.29) is 21.3 Å². The van der Waals surface area contributed by atoms with Gasteiger partial charge in [0, 0.05) is 22.3 Å². The minimum absolute atomic E-state index is 0.0981. The van der Waals surface area contributed by atoms with Gasteiger partial charge in [0.2, 0.25) is 0 Å². The van der Waals surface area contributed by atoms with Crippen molar-refractivity contribution in [2.24, 2.45) is 0 Å². The normalized spacial score (nSPS) is 11.7. The molecule has 0 aliphatic carbocycles. The van der Waals surface area contributed by atoms with Crippen LogP contribution in [0.2, 0.25) is 0 Å². The molecule has 2 aromatic heterocycles. The quantitative estimate of drug-likeness (QED) is 0.122. The van der Waals surface area contributed by atoms with Crippen LogP contribution in [0, 0.1) is 0 Å². The van der Waals surface area contributed by atoms with Crippen LogP contribution in [0.4, 0.5) is 0 Å². The largest absolute Gasteiger partial charge is 0.231 e. The fourth-order valence-corrected chi connectivity index (χ4v) is 11.0. The standard InChI is InChI=1S/C50H38N4O4S2/c55-59(56,35-37-19-7-1-8-20-37)49-45(39-23-11-3-12-24-39)51-53(43-27-15-5-16-28-43)47(49)41-31-33-42(34-32-41)48-50(60(57,58)36-38-21-9-2-10-22-38)46(40-25-13-4-14-26-40)52-54(48)44-29-17-6-18-30-44/h1-34H,35-36H2. The molecule has 9 rings (SSSR count). The first-order chi connectivity index (χ1) is 29.3. The van der Waals surface area contributed by atoms with E-state index in [1.807, 2.05) is 182 Å². The van der Waals surface area contributed by atoms with Crippen molar-refractivity contribution in [2.75, 3.05) is 0 Å². The summed E-state index contributed by atoms with van der Waals surface area (Å²) < 4.78 is 62.7. The van der Waals surface area contributed by atoms with Gasteiger partial charge in [-0.1, -0.05) is 182 Å². The first kappa shape index (κ1) is 38.4. The topological polar surface area (TPSA) is 104 Å². The van der Waals surface area contributed by atoms with Gasteiger partial charge >= 0.3 is 0 Å². The second kappa shape index (κ2) is 16.2. The van der Waals surface area contributed by atoms with E-state index in [9.17, 15) is 16.8 Å². The van der Waals surface area contributed by atoms with Crippen molar-refractivity contribution >= 4 is 19.7 Å². The van der Waals surface area contributed by atoms with Crippen LogP contribution < -0.4 is 0 Å². The smallest absolute Gasteiger partial charge is 0.186 e. The number of aromatic nitrogens is 4. The van der Waals surface area contributed by atoms with Crippen LogP contribution in [0.1, 0.15) is 11.1 Å². The maximum atomic E-state index is 14.8. The van der Waals surface area contributed by atoms with Crippen molar-refractivity contribution < 1.29 is 16.8 Å². The van der Waals surface area contributed by atoms with Gasteiger partial charge in [0.05, 0.1) is 34.3 Å². The molecule has 0 saturated carbocycles. The van der Waals surface area contributed by atoms with Crippen LogP contribution in [0.3, 0.4) is 0 Å². The van der Waals surface area contributed by atoms with E-state index in [4.69, 9.17) is 10.2 Å². The molecular formula is C50H38N4O4S2. The van der Waals surface area contributed by atoms with E-state index in [0.29, 0.717) is 67.5 Å². The molecule has 0 unspecified atom stereocenters. The van der Waals surface area contributed by atoms with Gasteiger partial charge in [0.25, 0.3) is 0 Å². The fourth-order valence-electron chi connectivity index (χ4n) is 7.50. The summed E-state index contributed by atoms with van der Waals surface area (Å²) in [5, 5.41) is 10.1. The summed E-state index contributed by atoms with van der Waals surface area (Å²) in [6.07, 6.45) is 0. The van der Waals surface area contributed by atoms with Gasteiger partial charge in [-0.15, -0.1) is 0 Å². The van der Waals surface area contributed by atoms with Crippen LogP contribution in [-0.2, 0) is 31.2 Å². The number of hydrogen-bond acceptors (Lipinski definition) is 6. The minimum Gasteiger partial charge on any atom is -0.231 e. The molecule has 0 N–H and O–H groups in total. The maximum Gasteiger partial charge on any atom is 0.186 e. The summed E-state index contributed by atoms with van der Waals surface area (Å²) in [5.41, 5.74) is 6.57. The van der Waals surface area contributed by atoms with Gasteiger partial charge in [-0.25, -0.2) is 26.2 Å². The summed E-state index contributed by atoms with van der Waals surface area (Å²) in [4.78, 5) is 0.196. The van der Waals surface area contributed by atoms with Crippen LogP contribution >= 0.6 is 0 Å². The van der Waals surface area contributed by atoms with Gasteiger partial charge in [-0.05, 0) is 35.4 Å². The molecule has 8 nitrogen and oxygen atoms in total. The molecule has 2 heterocycles. The summed E-state index contributed by atoms with van der Waals surface area (Å²) >= 11 is 0. The van der Waals surface area contributed by atoms with Gasteiger partial charge in [0.1, 0.15) is 21.2 Å². The van der Waals surface area contributed by atoms with E-state index in [2.05, 4.69) is 0 Å². The average Bonchev–Trinajstić information content (AvgIpc) is 3.91. The molecule has 60 heavy (non-hydrogen) atoms. The van der Waals surface area contributed by atoms with Crippen LogP contribution in [0.5, 0.6) is 0 Å². The van der Waals surface area contributed by atoms with Gasteiger partial charge in [0.15, 0.2) is 19.7 Å². The van der Waals surface area contributed by atoms with E-state index in [1.165, 1.54) is 0 Å². The molecule has 0 aliphatic heterocycles. The monoisotopic (exact) mass is 822 g/mol. The Morgan fingerprint density at radius 2 is 0.617 bits per heavy atom. The molecule has 9 aromatic rings. The molecule has 0 fully saturated rings. The summed E-state index contributed by atoms with van der Waals surface area (Å²) in [6.45, 7) is 0. The Bertz CT molecular complexity index is 2910. The van der Waals surface area contributed by atoms with Crippen LogP contribution in [0.15, 0.2) is 216 Å². The average molecular weight is 823 g/mol. The second-order valence-corrected chi connectivity index (χ2v) is 18.2. The highest BCUT2D eigenvalue weighted by Gasteiger charge is 2.34. The Morgan fingerprint density at radius 1 is 0.333 bits per heavy atom. The number of rotatable bonds is 12. The Morgan fingerprint density at radius 3 is 0.933 bits per heavy atom. The van der Waals surface area contributed by atoms with Crippen LogP contribution in [-0.4, -0.2) is 36.4 Å². The third-order valence-corrected chi connectivity index (χ3v) is 13.7. The highest BCUT2D eigenvalue weighted by molar-refractivity contribution is 7.91. The zero-order valence-corrected chi connectivity index (χ0v) is 33.9. The third-order valence-electron chi connectivity index (χ3n) is 10.2. The molecular weight excluding hydrogens is 785 g/mol. The van der Waals surface area contributed by atoms with Crippen molar-refractivity contribution in [3.05, 3.63) is 217 Å². The Hall–Kier alpha value is -7.14. The lowest BCUT2D eigenvalue weighted by Gasteiger charge is -2.14. The molecule has 294 valence electrons. The van der Waals surface area contributed by atoms with E-state index in [0.717, 1.165) is 0 Å². The highest BCUT2D eigenvalue weighted by atomic mass is 32.2. The minimum atomic E-state index is -4.02. The van der Waals surface area contributed by atoms with Gasteiger partial charge in [-0.3, -0.25) is 0 Å². The van der Waals surface area contributed by atoms with Crippen molar-refractivity contribution in [2.45, 2.75) is 21.3 Å². The first-order valence-corrected chi connectivity index (χ1v) is 22.7. The van der Waals surface area contributed by atoms with Crippen LogP contribution in [0.25, 0.3) is 56.4 Å². The molecule has 0 spiro atoms. The van der Waals surface area contributed by atoms with Crippen molar-refractivity contribution in [1.82, 2.24) is 19.6 Å². The number of benzene rings is 7. The number of nitrogens with zero attached hydrogens (tertiary/aromatic N) is 4. The summed E-state index contributed by atoms with van der Waals surface area (Å²) in [6, 6.07) is 63.1. The molecule has 0 bridgehead atoms. The Balaban J connectivity index is 1.29. The lowest BCUT2D eigenvalue weighted by Crippen LogP contribution is -2.09. The number of hydrogen-bond donors (Lipinski definition) is 0.